The molecule has 6 aromatic rings. The van der Waals surface area contributed by atoms with E-state index in [1.165, 1.54) is 0 Å². The van der Waals surface area contributed by atoms with Crippen LogP contribution in [0, 0.1) is 0 Å². The Morgan fingerprint density at radius 1 is 0.636 bits per heavy atom. The molecule has 0 radical (unpaired) electrons. The van der Waals surface area contributed by atoms with Crippen LogP contribution in [0.3, 0.4) is 0 Å². The van der Waals surface area contributed by atoms with Gasteiger partial charge in [-0.1, -0.05) is 71.7 Å². The summed E-state index contributed by atoms with van der Waals surface area (Å²) in [6.07, 6.45) is 0. The lowest BCUT2D eigenvalue weighted by Crippen LogP contribution is -2.26. The van der Waals surface area contributed by atoms with Crippen LogP contribution in [0.2, 0.25) is 10.0 Å². The lowest BCUT2D eigenvalue weighted by molar-refractivity contribution is 0.131. The molecule has 0 fully saturated rings. The highest BCUT2D eigenvalue weighted by Crippen LogP contribution is 2.53. The molecule has 0 aliphatic heterocycles. The van der Waals surface area contributed by atoms with Gasteiger partial charge in [0, 0.05) is 37.3 Å². The minimum Gasteiger partial charge on any atom is -0.456 e. The van der Waals surface area contributed by atoms with Crippen LogP contribution < -0.4 is 0 Å². The molecule has 0 saturated heterocycles. The first kappa shape index (κ1) is 19.2. The average Bonchev–Trinajstić information content (AvgIpc) is 3.32. The Morgan fingerprint density at radius 3 is 2.33 bits per heavy atom. The van der Waals surface area contributed by atoms with Crippen molar-refractivity contribution < 1.29 is 9.52 Å². The second-order valence-electron chi connectivity index (χ2n) is 8.57. The summed E-state index contributed by atoms with van der Waals surface area (Å²) in [4.78, 5) is 0. The van der Waals surface area contributed by atoms with Gasteiger partial charge in [-0.3, -0.25) is 0 Å². The molecule has 0 spiro atoms. The number of aliphatic hydroxyl groups is 1. The minimum atomic E-state index is -1.32. The van der Waals surface area contributed by atoms with Gasteiger partial charge in [-0.15, -0.1) is 0 Å². The molecule has 7 rings (SSSR count). The molecule has 1 heterocycles. The van der Waals surface area contributed by atoms with E-state index in [1.54, 1.807) is 6.07 Å². The Labute approximate surface area is 199 Å². The normalized spacial score (nSPS) is 17.1. The summed E-state index contributed by atoms with van der Waals surface area (Å²) in [7, 11) is 0. The van der Waals surface area contributed by atoms with Gasteiger partial charge < -0.3 is 9.52 Å². The Hall–Kier alpha value is -3.30. The number of hydrogen-bond donors (Lipinski definition) is 1. The van der Waals surface area contributed by atoms with Crippen molar-refractivity contribution in [3.8, 4) is 11.1 Å². The van der Waals surface area contributed by atoms with Crippen molar-refractivity contribution in [1.82, 2.24) is 0 Å². The third-order valence-electron chi connectivity index (χ3n) is 6.80. The van der Waals surface area contributed by atoms with E-state index in [4.69, 9.17) is 27.6 Å². The van der Waals surface area contributed by atoms with Crippen molar-refractivity contribution in [2.24, 2.45) is 0 Å². The van der Waals surface area contributed by atoms with Crippen LogP contribution in [0.25, 0.3) is 43.8 Å². The topological polar surface area (TPSA) is 33.4 Å². The Morgan fingerprint density at radius 2 is 1.42 bits per heavy atom. The molecule has 1 aromatic heterocycles. The zero-order valence-corrected chi connectivity index (χ0v) is 18.8. The molecule has 1 N–H and O–H groups in total. The van der Waals surface area contributed by atoms with Gasteiger partial charge in [0.05, 0.1) is 0 Å². The van der Waals surface area contributed by atoms with E-state index in [0.29, 0.717) is 10.0 Å². The lowest BCUT2D eigenvalue weighted by atomic mass is 9.83. The molecular weight excluding hydrogens is 451 g/mol. The maximum atomic E-state index is 12.4. The Balaban J connectivity index is 1.57. The van der Waals surface area contributed by atoms with Crippen molar-refractivity contribution in [3.63, 3.8) is 0 Å². The fourth-order valence-electron chi connectivity index (χ4n) is 5.29. The molecule has 0 bridgehead atoms. The monoisotopic (exact) mass is 466 g/mol. The number of fused-ring (bicyclic) bond motifs is 7. The summed E-state index contributed by atoms with van der Waals surface area (Å²) in [5.41, 5.74) is 4.75. The molecule has 1 atom stereocenters. The van der Waals surface area contributed by atoms with E-state index in [2.05, 4.69) is 12.1 Å². The van der Waals surface area contributed by atoms with E-state index < -0.39 is 5.60 Å². The summed E-state index contributed by atoms with van der Waals surface area (Å²) in [5.74, 6) is 0. The lowest BCUT2D eigenvalue weighted by Gasteiger charge is -2.27. The molecule has 1 aliphatic rings. The summed E-state index contributed by atoms with van der Waals surface area (Å²) in [5, 5.41) is 17.4. The van der Waals surface area contributed by atoms with Crippen LogP contribution in [-0.2, 0) is 5.60 Å². The molecule has 33 heavy (non-hydrogen) atoms. The number of para-hydroxylation sites is 1. The van der Waals surface area contributed by atoms with E-state index in [1.807, 2.05) is 72.8 Å². The van der Waals surface area contributed by atoms with E-state index in [9.17, 15) is 5.11 Å². The number of rotatable bonds is 1. The zero-order valence-electron chi connectivity index (χ0n) is 17.3. The molecule has 0 amide bonds. The van der Waals surface area contributed by atoms with Crippen LogP contribution in [0.1, 0.15) is 16.7 Å². The second kappa shape index (κ2) is 6.61. The smallest absolute Gasteiger partial charge is 0.141 e. The molecule has 2 nitrogen and oxygen atoms in total. The summed E-state index contributed by atoms with van der Waals surface area (Å²) < 4.78 is 6.01. The summed E-state index contributed by atoms with van der Waals surface area (Å²) in [6.45, 7) is 0. The van der Waals surface area contributed by atoms with Crippen molar-refractivity contribution in [2.75, 3.05) is 0 Å². The van der Waals surface area contributed by atoms with Crippen molar-refractivity contribution in [1.29, 1.82) is 0 Å². The molecular formula is C29H16Cl2O2. The van der Waals surface area contributed by atoms with Gasteiger partial charge in [0.2, 0.25) is 0 Å². The predicted molar refractivity (Wildman–Crippen MR) is 135 cm³/mol. The molecule has 1 unspecified atom stereocenters. The Kier molecular flexibility index (Phi) is 3.85. The van der Waals surface area contributed by atoms with Gasteiger partial charge in [0.1, 0.15) is 16.8 Å². The van der Waals surface area contributed by atoms with Gasteiger partial charge in [0.15, 0.2) is 0 Å². The quantitative estimate of drug-likeness (QED) is 0.264. The molecule has 5 aromatic carbocycles. The van der Waals surface area contributed by atoms with Crippen molar-refractivity contribution in [2.45, 2.75) is 5.60 Å². The predicted octanol–water partition coefficient (Wildman–Crippen LogP) is 8.31. The van der Waals surface area contributed by atoms with E-state index >= 15 is 0 Å². The SMILES string of the molecule is OC1(c2ccc3oc4ccccc4c3c2)c2ccccc2-c2cc3cc(Cl)cc(Cl)c3cc21. The van der Waals surface area contributed by atoms with Gasteiger partial charge in [-0.05, 0) is 64.5 Å². The van der Waals surface area contributed by atoms with Gasteiger partial charge in [-0.25, -0.2) is 0 Å². The number of halogens is 2. The van der Waals surface area contributed by atoms with Gasteiger partial charge in [0.25, 0.3) is 0 Å². The third kappa shape index (κ3) is 2.54. The number of benzene rings is 5. The zero-order chi connectivity index (χ0) is 22.3. The summed E-state index contributed by atoms with van der Waals surface area (Å²) >= 11 is 12.8. The average molecular weight is 467 g/mol. The molecule has 0 saturated carbocycles. The fourth-order valence-corrected chi connectivity index (χ4v) is 5.86. The van der Waals surface area contributed by atoms with Crippen LogP contribution in [0.4, 0.5) is 0 Å². The van der Waals surface area contributed by atoms with Crippen LogP contribution in [0.15, 0.2) is 95.4 Å². The number of furan rings is 1. The van der Waals surface area contributed by atoms with E-state index in [0.717, 1.165) is 60.5 Å². The maximum absolute atomic E-state index is 12.4. The molecule has 1 aliphatic carbocycles. The maximum Gasteiger partial charge on any atom is 0.141 e. The van der Waals surface area contributed by atoms with Crippen LogP contribution in [-0.4, -0.2) is 5.11 Å². The standard InChI is InChI=1S/C29H16Cl2O2/c30-18-11-16-12-22-19-5-1-3-7-24(19)29(32,25(22)15-21(16)26(31)14-18)17-9-10-28-23(13-17)20-6-2-4-8-27(20)33-28/h1-15,32H. The largest absolute Gasteiger partial charge is 0.456 e. The second-order valence-corrected chi connectivity index (χ2v) is 9.42. The fraction of sp³-hybridized carbons (Fsp3) is 0.0345. The first-order valence-corrected chi connectivity index (χ1v) is 11.5. The highest BCUT2D eigenvalue weighted by Gasteiger charge is 2.43. The van der Waals surface area contributed by atoms with Gasteiger partial charge in [-0.2, -0.15) is 0 Å². The first-order chi connectivity index (χ1) is 16.0. The van der Waals surface area contributed by atoms with Crippen molar-refractivity contribution >= 4 is 55.9 Å². The molecule has 158 valence electrons. The minimum absolute atomic E-state index is 0.565. The first-order valence-electron chi connectivity index (χ1n) is 10.7. The summed E-state index contributed by atoms with van der Waals surface area (Å²) in [6, 6.07) is 29.6. The van der Waals surface area contributed by atoms with Crippen LogP contribution in [0.5, 0.6) is 0 Å². The number of hydrogen-bond acceptors (Lipinski definition) is 2. The van der Waals surface area contributed by atoms with Crippen LogP contribution >= 0.6 is 23.2 Å². The van der Waals surface area contributed by atoms with E-state index in [-0.39, 0.29) is 0 Å². The third-order valence-corrected chi connectivity index (χ3v) is 7.33. The van der Waals surface area contributed by atoms with Crippen molar-refractivity contribution in [3.05, 3.63) is 118 Å². The highest BCUT2D eigenvalue weighted by atomic mass is 35.5. The highest BCUT2D eigenvalue weighted by molar-refractivity contribution is 6.38. The molecule has 4 heteroatoms. The van der Waals surface area contributed by atoms with Gasteiger partial charge >= 0.3 is 0 Å². The Bertz CT molecular complexity index is 1770.